The van der Waals surface area contributed by atoms with Crippen molar-refractivity contribution in [3.8, 4) is 0 Å². The van der Waals surface area contributed by atoms with Crippen LogP contribution in [-0.2, 0) is 13.0 Å². The van der Waals surface area contributed by atoms with Gasteiger partial charge in [-0.05, 0) is 30.0 Å². The number of fused-ring (bicyclic) bond motifs is 2. The standard InChI is InChI=1S/C22H18N3O4/c1-2-23-12-11-15(16-7-5-6-10-20(16)23)13-19-17-8-3-4-9-18(17)21(24(26)27)14-22(19)25(28)29/h3-12,14H,2,13H2,1H3/q+1. The van der Waals surface area contributed by atoms with Crippen molar-refractivity contribution < 1.29 is 14.4 Å². The summed E-state index contributed by atoms with van der Waals surface area (Å²) in [7, 11) is 0. The summed E-state index contributed by atoms with van der Waals surface area (Å²) < 4.78 is 2.11. The Morgan fingerprint density at radius 1 is 0.828 bits per heavy atom. The van der Waals surface area contributed by atoms with Crippen LogP contribution in [0.15, 0.2) is 66.9 Å². The van der Waals surface area contributed by atoms with Crippen LogP contribution in [0.1, 0.15) is 18.1 Å². The summed E-state index contributed by atoms with van der Waals surface area (Å²) in [5, 5.41) is 25.2. The first-order valence-electron chi connectivity index (χ1n) is 9.24. The molecule has 1 aromatic heterocycles. The number of aryl methyl sites for hydroxylation is 1. The van der Waals surface area contributed by atoms with Gasteiger partial charge in [0, 0.05) is 29.5 Å². The van der Waals surface area contributed by atoms with E-state index in [0.29, 0.717) is 22.8 Å². The van der Waals surface area contributed by atoms with Crippen LogP contribution in [0, 0.1) is 20.2 Å². The SMILES string of the molecule is CC[n+]1ccc(Cc2c([N+](=O)[O-])cc([N+](=O)[O-])c3ccccc23)c2ccccc21. The third-order valence-electron chi connectivity index (χ3n) is 5.23. The predicted molar refractivity (Wildman–Crippen MR) is 110 cm³/mol. The predicted octanol–water partition coefficient (Wildman–Crippen LogP) is 4.71. The minimum atomic E-state index is -0.568. The normalized spacial score (nSPS) is 11.1. The zero-order chi connectivity index (χ0) is 20.5. The van der Waals surface area contributed by atoms with E-state index in [9.17, 15) is 20.2 Å². The number of hydrogen-bond donors (Lipinski definition) is 0. The highest BCUT2D eigenvalue weighted by Gasteiger charge is 2.26. The van der Waals surface area contributed by atoms with Gasteiger partial charge in [0.15, 0.2) is 6.20 Å². The molecule has 0 atom stereocenters. The van der Waals surface area contributed by atoms with Gasteiger partial charge >= 0.3 is 0 Å². The lowest BCUT2D eigenvalue weighted by atomic mass is 9.94. The Hall–Kier alpha value is -3.87. The van der Waals surface area contributed by atoms with Crippen molar-refractivity contribution >= 4 is 33.1 Å². The van der Waals surface area contributed by atoms with Gasteiger partial charge in [-0.1, -0.05) is 30.3 Å². The van der Waals surface area contributed by atoms with Crippen LogP contribution in [0.2, 0.25) is 0 Å². The maximum Gasteiger partial charge on any atom is 0.284 e. The summed E-state index contributed by atoms with van der Waals surface area (Å²) in [5.74, 6) is 0. The van der Waals surface area contributed by atoms with Gasteiger partial charge < -0.3 is 0 Å². The van der Waals surface area contributed by atoms with Crippen molar-refractivity contribution in [3.63, 3.8) is 0 Å². The maximum absolute atomic E-state index is 11.8. The molecular formula is C22H18N3O4+. The number of para-hydroxylation sites is 1. The van der Waals surface area contributed by atoms with Gasteiger partial charge in [-0.25, -0.2) is 0 Å². The van der Waals surface area contributed by atoms with Gasteiger partial charge in [0.25, 0.3) is 11.4 Å². The quantitative estimate of drug-likeness (QED) is 0.281. The van der Waals surface area contributed by atoms with Crippen molar-refractivity contribution in [3.05, 3.63) is 98.2 Å². The number of benzene rings is 3. The Labute approximate surface area is 166 Å². The van der Waals surface area contributed by atoms with E-state index in [1.807, 2.05) is 36.5 Å². The zero-order valence-corrected chi connectivity index (χ0v) is 15.7. The first kappa shape index (κ1) is 18.5. The molecule has 0 bridgehead atoms. The second kappa shape index (κ2) is 7.27. The largest absolute Gasteiger partial charge is 0.284 e. The van der Waals surface area contributed by atoms with Gasteiger partial charge in [-0.2, -0.15) is 4.57 Å². The fourth-order valence-electron chi connectivity index (χ4n) is 3.87. The molecule has 4 rings (SSSR count). The first-order chi connectivity index (χ1) is 14.0. The Morgan fingerprint density at radius 3 is 2.10 bits per heavy atom. The van der Waals surface area contributed by atoms with E-state index in [-0.39, 0.29) is 11.4 Å². The summed E-state index contributed by atoms with van der Waals surface area (Å²) in [6, 6.07) is 17.7. The Kier molecular flexibility index (Phi) is 4.64. The summed E-state index contributed by atoms with van der Waals surface area (Å²) in [6.07, 6.45) is 2.27. The highest BCUT2D eigenvalue weighted by atomic mass is 16.6. The molecule has 0 N–H and O–H groups in total. The molecule has 0 fully saturated rings. The number of aromatic nitrogens is 1. The second-order valence-electron chi connectivity index (χ2n) is 6.77. The molecule has 7 heteroatoms. The average Bonchev–Trinajstić information content (AvgIpc) is 2.73. The number of nitro groups is 2. The van der Waals surface area contributed by atoms with Crippen LogP contribution in [0.25, 0.3) is 21.7 Å². The molecule has 29 heavy (non-hydrogen) atoms. The van der Waals surface area contributed by atoms with E-state index < -0.39 is 9.85 Å². The topological polar surface area (TPSA) is 90.2 Å². The summed E-state index contributed by atoms with van der Waals surface area (Å²) in [6.45, 7) is 2.86. The number of pyridine rings is 1. The lowest BCUT2D eigenvalue weighted by Gasteiger charge is -2.10. The molecule has 1 heterocycles. The average molecular weight is 388 g/mol. The summed E-state index contributed by atoms with van der Waals surface area (Å²) >= 11 is 0. The van der Waals surface area contributed by atoms with E-state index in [1.165, 1.54) is 0 Å². The molecule has 0 spiro atoms. The lowest BCUT2D eigenvalue weighted by molar-refractivity contribution is -0.667. The highest BCUT2D eigenvalue weighted by Crippen LogP contribution is 2.37. The number of nitro benzene ring substituents is 2. The van der Waals surface area contributed by atoms with E-state index in [0.717, 1.165) is 29.1 Å². The Balaban J connectivity index is 2.00. The van der Waals surface area contributed by atoms with Crippen molar-refractivity contribution in [2.24, 2.45) is 0 Å². The van der Waals surface area contributed by atoms with Gasteiger partial charge in [0.2, 0.25) is 5.52 Å². The molecule has 0 aliphatic heterocycles. The van der Waals surface area contributed by atoms with Crippen LogP contribution in [0.4, 0.5) is 11.4 Å². The number of hydrogen-bond acceptors (Lipinski definition) is 4. The van der Waals surface area contributed by atoms with E-state index in [4.69, 9.17) is 0 Å². The van der Waals surface area contributed by atoms with Crippen molar-refractivity contribution in [2.75, 3.05) is 0 Å². The monoisotopic (exact) mass is 388 g/mol. The smallest absolute Gasteiger partial charge is 0.258 e. The highest BCUT2D eigenvalue weighted by molar-refractivity contribution is 5.96. The number of rotatable bonds is 5. The molecule has 0 radical (unpaired) electrons. The van der Waals surface area contributed by atoms with Crippen LogP contribution >= 0.6 is 0 Å². The molecule has 0 aliphatic rings. The molecule has 3 aromatic carbocycles. The number of nitrogens with zero attached hydrogens (tertiary/aromatic N) is 3. The fraction of sp³-hybridized carbons (Fsp3) is 0.136. The van der Waals surface area contributed by atoms with E-state index >= 15 is 0 Å². The molecule has 0 amide bonds. The third-order valence-corrected chi connectivity index (χ3v) is 5.23. The van der Waals surface area contributed by atoms with Crippen LogP contribution in [0.3, 0.4) is 0 Å². The molecule has 144 valence electrons. The molecule has 4 aromatic rings. The van der Waals surface area contributed by atoms with Crippen LogP contribution in [0.5, 0.6) is 0 Å². The lowest BCUT2D eigenvalue weighted by Crippen LogP contribution is -2.32. The molecule has 0 aliphatic carbocycles. The maximum atomic E-state index is 11.8. The minimum absolute atomic E-state index is 0.230. The Bertz CT molecular complexity index is 1280. The third kappa shape index (κ3) is 3.16. The van der Waals surface area contributed by atoms with Gasteiger partial charge in [-0.3, -0.25) is 20.2 Å². The first-order valence-corrected chi connectivity index (χ1v) is 9.24. The molecule has 0 saturated carbocycles. The zero-order valence-electron chi connectivity index (χ0n) is 15.7. The van der Waals surface area contributed by atoms with E-state index in [2.05, 4.69) is 11.5 Å². The van der Waals surface area contributed by atoms with Gasteiger partial charge in [-0.15, -0.1) is 0 Å². The fourth-order valence-corrected chi connectivity index (χ4v) is 3.87. The van der Waals surface area contributed by atoms with Crippen LogP contribution in [-0.4, -0.2) is 9.85 Å². The minimum Gasteiger partial charge on any atom is -0.258 e. The summed E-state index contributed by atoms with van der Waals surface area (Å²) in [4.78, 5) is 22.2. The summed E-state index contributed by atoms with van der Waals surface area (Å²) in [5.41, 5.74) is 1.98. The van der Waals surface area contributed by atoms with Gasteiger partial charge in [0.1, 0.15) is 6.54 Å². The van der Waals surface area contributed by atoms with Crippen molar-refractivity contribution in [2.45, 2.75) is 19.9 Å². The van der Waals surface area contributed by atoms with Crippen LogP contribution < -0.4 is 4.57 Å². The van der Waals surface area contributed by atoms with E-state index in [1.54, 1.807) is 24.3 Å². The van der Waals surface area contributed by atoms with Crippen molar-refractivity contribution in [1.29, 1.82) is 0 Å². The molecule has 0 unspecified atom stereocenters. The molecular weight excluding hydrogens is 370 g/mol. The van der Waals surface area contributed by atoms with Gasteiger partial charge in [0.05, 0.1) is 21.3 Å². The second-order valence-corrected chi connectivity index (χ2v) is 6.77. The molecule has 7 nitrogen and oxygen atoms in total. The Morgan fingerprint density at radius 2 is 1.45 bits per heavy atom. The number of non-ortho nitro benzene ring substituents is 1. The molecule has 0 saturated heterocycles. The van der Waals surface area contributed by atoms with Crippen molar-refractivity contribution in [1.82, 2.24) is 0 Å².